The maximum absolute atomic E-state index is 12.6. The Balaban J connectivity index is 0.000000648. The minimum Gasteiger partial charge on any atom is -0.378 e. The number of aryl methyl sites for hydroxylation is 12. The lowest BCUT2D eigenvalue weighted by Gasteiger charge is -2.24. The standard InChI is InChI=1S/C8H9F.C8H16.C8H10.2C7H9N.2C7H14O.2C7H14S.2C6H8N2.2C6H12O2.2C6H12S2/c1-6-3-4-7(2)8(9)5-6;2*1-7-3-5-8(2)6-4-7;6*1-6-3-4-7(2)8-5-6;6*1-5-3-7-6(2)8-4-5/h3-5H,1-2H3;7-8H,3-6H2,1-2H3;3-6H,1-2H3;2*3-5H,1-2H3;4*6-7H,3-5H2,1-2H3;2*3-4H,1-2H3;4*5-6H,3-4H2,1-2H3. The van der Waals surface area contributed by atoms with Crippen molar-refractivity contribution in [3.8, 4) is 0 Å². The van der Waals surface area contributed by atoms with Crippen LogP contribution in [0.25, 0.3) is 0 Å². The molecule has 8 unspecified atom stereocenters. The van der Waals surface area contributed by atoms with Crippen molar-refractivity contribution < 1.29 is 32.8 Å². The van der Waals surface area contributed by atoms with E-state index in [1.807, 2.05) is 132 Å². The molecule has 12 heterocycles. The molecule has 690 valence electrons. The molecular formula is C102H173FN6O6S6. The fourth-order valence-electron chi connectivity index (χ4n) is 11.6. The first-order chi connectivity index (χ1) is 57.2. The number of nitrogens with zero attached hydrogens (tertiary/aromatic N) is 6. The van der Waals surface area contributed by atoms with Gasteiger partial charge in [0.1, 0.15) is 17.5 Å². The molecule has 9 aliphatic rings. The molecule has 121 heavy (non-hydrogen) atoms. The van der Waals surface area contributed by atoms with Crippen LogP contribution in [0.2, 0.25) is 0 Å². The van der Waals surface area contributed by atoms with Crippen molar-refractivity contribution >= 4 is 70.6 Å². The van der Waals surface area contributed by atoms with Gasteiger partial charge in [-0.2, -0.15) is 23.5 Å². The first kappa shape index (κ1) is 116. The molecule has 0 bridgehead atoms. The quantitative estimate of drug-likeness (QED) is 0.143. The monoisotopic (exact) mass is 1790 g/mol. The molecule has 0 spiro atoms. The Morgan fingerprint density at radius 2 is 0.529 bits per heavy atom. The number of hydrogen-bond acceptors (Lipinski definition) is 18. The van der Waals surface area contributed by atoms with Gasteiger partial charge in [0.2, 0.25) is 0 Å². The third-order valence-corrected chi connectivity index (χ3v) is 30.3. The topological polar surface area (TPSA) is 133 Å². The maximum Gasteiger partial charge on any atom is 0.154 e. The summed E-state index contributed by atoms with van der Waals surface area (Å²) in [6, 6.07) is 21.8. The van der Waals surface area contributed by atoms with E-state index in [1.165, 1.54) is 140 Å². The van der Waals surface area contributed by atoms with Crippen molar-refractivity contribution in [1.82, 2.24) is 29.9 Å². The first-order valence-corrected chi connectivity index (χ1v) is 52.0. The van der Waals surface area contributed by atoms with Crippen molar-refractivity contribution in [3.05, 3.63) is 177 Å². The van der Waals surface area contributed by atoms with Crippen LogP contribution in [0.15, 0.2) is 104 Å². The Morgan fingerprint density at radius 3 is 0.744 bits per heavy atom. The number of ether oxygens (including phenoxy) is 6. The average Bonchev–Trinajstić information content (AvgIpc) is 0.901. The van der Waals surface area contributed by atoms with Gasteiger partial charge in [0, 0.05) is 93.3 Å². The van der Waals surface area contributed by atoms with E-state index in [9.17, 15) is 4.39 Å². The van der Waals surface area contributed by atoms with Crippen LogP contribution >= 0.6 is 70.6 Å². The van der Waals surface area contributed by atoms with Gasteiger partial charge in [-0.3, -0.25) is 9.97 Å². The molecule has 1 saturated carbocycles. The molecule has 19 heteroatoms. The van der Waals surface area contributed by atoms with E-state index in [4.69, 9.17) is 28.4 Å². The molecule has 0 N–H and O–H groups in total. The fourth-order valence-corrected chi connectivity index (χ4v) is 18.7. The summed E-state index contributed by atoms with van der Waals surface area (Å²) < 4.78 is 45.7. The van der Waals surface area contributed by atoms with Gasteiger partial charge in [0.25, 0.3) is 0 Å². The third-order valence-electron chi connectivity index (χ3n) is 20.6. The molecule has 8 aliphatic heterocycles. The van der Waals surface area contributed by atoms with E-state index in [1.54, 1.807) is 13.0 Å². The Bertz CT molecular complexity index is 2610. The van der Waals surface area contributed by atoms with Gasteiger partial charge in [-0.15, -0.1) is 47.0 Å². The van der Waals surface area contributed by atoms with E-state index < -0.39 is 0 Å². The number of hydrogen-bond donors (Lipinski definition) is 0. The zero-order valence-corrected chi connectivity index (χ0v) is 86.5. The highest BCUT2D eigenvalue weighted by atomic mass is 32.2. The summed E-state index contributed by atoms with van der Waals surface area (Å²) in [5.41, 5.74) is 11.1. The number of pyridine rings is 2. The summed E-state index contributed by atoms with van der Waals surface area (Å²) in [5, 5.41) is 1.87. The number of rotatable bonds is 0. The van der Waals surface area contributed by atoms with E-state index in [0.717, 1.165) is 146 Å². The van der Waals surface area contributed by atoms with Crippen molar-refractivity contribution in [2.24, 2.45) is 59.2 Å². The molecule has 8 saturated heterocycles. The largest absolute Gasteiger partial charge is 0.378 e. The van der Waals surface area contributed by atoms with Crippen molar-refractivity contribution in [1.29, 1.82) is 0 Å². The van der Waals surface area contributed by atoms with Crippen LogP contribution in [-0.4, -0.2) is 149 Å². The Morgan fingerprint density at radius 1 is 0.256 bits per heavy atom. The Kier molecular flexibility index (Phi) is 67.5. The van der Waals surface area contributed by atoms with Gasteiger partial charge in [-0.1, -0.05) is 168 Å². The summed E-state index contributed by atoms with van der Waals surface area (Å²) in [5.74, 6) is 18.4. The Hall–Kier alpha value is -3.31. The zero-order valence-electron chi connectivity index (χ0n) is 81.6. The molecule has 1 aliphatic carbocycles. The minimum atomic E-state index is -0.116. The first-order valence-electron chi connectivity index (χ1n) is 45.7. The summed E-state index contributed by atoms with van der Waals surface area (Å²) in [4.78, 5) is 24.0. The van der Waals surface area contributed by atoms with Gasteiger partial charge in [-0.25, -0.2) is 24.3 Å². The zero-order chi connectivity index (χ0) is 90.6. The second kappa shape index (κ2) is 70.6. The lowest BCUT2D eigenvalue weighted by atomic mass is 9.84. The highest BCUT2D eigenvalue weighted by Gasteiger charge is 2.20. The SMILES string of the molecule is CC1CCC(C)CC1.CC1CCC(C)OC1.CC1CCC(C)OC1.CC1CCC(C)SC1.CC1CCC(C)SC1.CC1COC(C)OC1.CC1COC(C)OC1.CC1CSC(C)SC1.CC1CSC(C)SC1.Cc1ccc(C)c(F)c1.Cc1ccc(C)cc1.Cc1ccc(C)nc1.Cc1ccc(C)nc1.Cc1cnc(C)nc1.Cc1cnc(C)nc1. The van der Waals surface area contributed by atoms with Gasteiger partial charge in [0.15, 0.2) is 12.6 Å². The summed E-state index contributed by atoms with van der Waals surface area (Å²) in [6.45, 7) is 69.1. The molecule has 4 aromatic heterocycles. The molecule has 12 nitrogen and oxygen atoms in total. The second-order valence-electron chi connectivity index (χ2n) is 36.0. The number of halogens is 1. The highest BCUT2D eigenvalue weighted by molar-refractivity contribution is 8.17. The van der Waals surface area contributed by atoms with E-state index in [-0.39, 0.29) is 18.4 Å². The van der Waals surface area contributed by atoms with E-state index in [0.29, 0.717) is 29.6 Å². The summed E-state index contributed by atoms with van der Waals surface area (Å²) >= 11 is 12.6. The van der Waals surface area contributed by atoms with Gasteiger partial charge >= 0.3 is 0 Å². The van der Waals surface area contributed by atoms with Gasteiger partial charge in [-0.05, 0) is 309 Å². The number of thioether (sulfide) groups is 6. The molecule has 9 fully saturated rings. The number of aromatic nitrogens is 6. The Labute approximate surface area is 767 Å². The van der Waals surface area contributed by atoms with Crippen molar-refractivity contribution in [2.75, 3.05) is 74.2 Å². The van der Waals surface area contributed by atoms with Crippen LogP contribution in [0.5, 0.6) is 0 Å². The van der Waals surface area contributed by atoms with Crippen LogP contribution in [0.3, 0.4) is 0 Å². The third kappa shape index (κ3) is 68.5. The van der Waals surface area contributed by atoms with Crippen molar-refractivity contribution in [2.45, 2.75) is 329 Å². The van der Waals surface area contributed by atoms with Crippen LogP contribution < -0.4 is 0 Å². The van der Waals surface area contributed by atoms with Gasteiger partial charge in [0.05, 0.1) is 38.6 Å². The second-order valence-corrected chi connectivity index (χ2v) is 45.0. The maximum atomic E-state index is 12.6. The normalized spacial score (nSPS) is 27.4. The summed E-state index contributed by atoms with van der Waals surface area (Å²) in [7, 11) is 0. The van der Waals surface area contributed by atoms with E-state index >= 15 is 0 Å². The molecule has 0 radical (unpaired) electrons. The van der Waals surface area contributed by atoms with Crippen LogP contribution in [0, 0.1) is 148 Å². The molecule has 0 amide bonds. The van der Waals surface area contributed by atoms with Crippen LogP contribution in [0.4, 0.5) is 4.39 Å². The van der Waals surface area contributed by atoms with Crippen LogP contribution in [0.1, 0.15) is 269 Å². The van der Waals surface area contributed by atoms with Gasteiger partial charge < -0.3 is 28.4 Å². The molecule has 8 atom stereocenters. The lowest BCUT2D eigenvalue weighted by Crippen LogP contribution is -2.27. The van der Waals surface area contributed by atoms with Crippen molar-refractivity contribution in [3.63, 3.8) is 0 Å². The molecule has 15 rings (SSSR count). The predicted octanol–water partition coefficient (Wildman–Crippen LogP) is 28.8. The molecule has 6 aromatic rings. The highest BCUT2D eigenvalue weighted by Crippen LogP contribution is 2.34. The smallest absolute Gasteiger partial charge is 0.154 e. The summed E-state index contributed by atoms with van der Waals surface area (Å²) in [6.07, 6.45) is 28.9. The minimum absolute atomic E-state index is 0.0196. The van der Waals surface area contributed by atoms with E-state index in [2.05, 4.69) is 262 Å². The molecular weight excluding hydrogens is 1620 g/mol. The lowest BCUT2D eigenvalue weighted by molar-refractivity contribution is -0.187. The predicted molar refractivity (Wildman–Crippen MR) is 535 cm³/mol. The number of benzene rings is 2. The van der Waals surface area contributed by atoms with Crippen LogP contribution in [-0.2, 0) is 28.4 Å². The average molecular weight is 1790 g/mol. The fraction of sp³-hybridized carbons (Fsp3) is 0.706. The molecule has 2 aromatic carbocycles.